The van der Waals surface area contributed by atoms with Crippen LogP contribution in [0.15, 0.2) is 82.5 Å². The van der Waals surface area contributed by atoms with E-state index in [9.17, 15) is 9.59 Å². The number of hydrogen-bond donors (Lipinski definition) is 0. The maximum atomic E-state index is 14.2. The molecule has 0 aliphatic carbocycles. The van der Waals surface area contributed by atoms with Gasteiger partial charge in [0, 0.05) is 39.0 Å². The van der Waals surface area contributed by atoms with Gasteiger partial charge in [0.05, 0.1) is 79.3 Å². The highest BCUT2D eigenvalue weighted by Gasteiger charge is 2.48. The zero-order valence-electron chi connectivity index (χ0n) is 32.3. The minimum atomic E-state index is -1.06. The van der Waals surface area contributed by atoms with Crippen LogP contribution in [0.25, 0.3) is 0 Å². The van der Waals surface area contributed by atoms with E-state index in [0.717, 1.165) is 10.1 Å². The van der Waals surface area contributed by atoms with Gasteiger partial charge in [0.15, 0.2) is 6.23 Å². The van der Waals surface area contributed by atoms with Crippen LogP contribution in [0.1, 0.15) is 28.5 Å². The molecule has 17 heteroatoms. The van der Waals surface area contributed by atoms with E-state index in [4.69, 9.17) is 89.0 Å². The molecule has 0 bridgehead atoms. The quantitative estimate of drug-likeness (QED) is 0.0647. The highest BCUT2D eigenvalue weighted by Crippen LogP contribution is 2.35. The smallest absolute Gasteiger partial charge is 0.335 e. The zero-order valence-corrected chi connectivity index (χ0v) is 35.4. The van der Waals surface area contributed by atoms with E-state index in [2.05, 4.69) is 0 Å². The Morgan fingerprint density at radius 1 is 0.655 bits per heavy atom. The van der Waals surface area contributed by atoms with E-state index in [0.29, 0.717) is 76.4 Å². The van der Waals surface area contributed by atoms with Crippen molar-refractivity contribution in [2.75, 3.05) is 66.6 Å². The van der Waals surface area contributed by atoms with Crippen LogP contribution in [0, 0.1) is 6.92 Å². The lowest BCUT2D eigenvalue weighted by Crippen LogP contribution is -2.45. The number of aromatic nitrogens is 2. The average Bonchev–Trinajstić information content (AvgIpc) is 3.55. The van der Waals surface area contributed by atoms with Crippen LogP contribution in [0.5, 0.6) is 0 Å². The van der Waals surface area contributed by atoms with Gasteiger partial charge in [0.25, 0.3) is 5.56 Å². The summed E-state index contributed by atoms with van der Waals surface area (Å²) in [7, 11) is 1.62. The molecule has 0 saturated carbocycles. The maximum absolute atomic E-state index is 14.2. The van der Waals surface area contributed by atoms with Crippen LogP contribution < -0.4 is 11.2 Å². The molecular weight excluding hydrogens is 838 g/mol. The lowest BCUT2D eigenvalue weighted by atomic mass is 10.1. The third-order valence-corrected chi connectivity index (χ3v) is 10.1. The van der Waals surface area contributed by atoms with Gasteiger partial charge in [0.2, 0.25) is 0 Å². The predicted octanol–water partition coefficient (Wildman–Crippen LogP) is 6.89. The summed E-state index contributed by atoms with van der Waals surface area (Å²) in [6, 6.07) is 19.7. The van der Waals surface area contributed by atoms with Crippen molar-refractivity contribution in [2.24, 2.45) is 0 Å². The first kappa shape index (κ1) is 46.2. The molecule has 1 saturated heterocycles. The normalized spacial score (nSPS) is 18.0. The van der Waals surface area contributed by atoms with Gasteiger partial charge in [-0.1, -0.05) is 88.9 Å². The molecule has 3 aromatic carbocycles. The van der Waals surface area contributed by atoms with Crippen molar-refractivity contribution in [1.29, 1.82) is 0 Å². The van der Waals surface area contributed by atoms with Crippen LogP contribution in [-0.2, 0) is 69.2 Å². The molecule has 0 spiro atoms. The number of nitrogens with zero attached hydrogens (tertiary/aromatic N) is 2. The number of rotatable bonds is 25. The van der Waals surface area contributed by atoms with Gasteiger partial charge in [0.1, 0.15) is 25.0 Å². The lowest BCUT2D eigenvalue weighted by molar-refractivity contribution is -0.0986. The van der Waals surface area contributed by atoms with Crippen molar-refractivity contribution in [3.8, 4) is 0 Å². The van der Waals surface area contributed by atoms with Crippen molar-refractivity contribution in [3.05, 3.63) is 136 Å². The summed E-state index contributed by atoms with van der Waals surface area (Å²) in [6.07, 6.45) is -2.07. The van der Waals surface area contributed by atoms with Crippen LogP contribution in [0.4, 0.5) is 0 Å². The minimum Gasteiger partial charge on any atom is -0.382 e. The third-order valence-electron chi connectivity index (χ3n) is 8.97. The molecule has 0 radical (unpaired) electrons. The minimum absolute atomic E-state index is 0.0188. The van der Waals surface area contributed by atoms with Crippen LogP contribution in [0.2, 0.25) is 20.1 Å². The molecule has 316 valence electrons. The molecule has 1 aromatic heterocycles. The van der Waals surface area contributed by atoms with Gasteiger partial charge in [-0.3, -0.25) is 9.36 Å². The Morgan fingerprint density at radius 3 is 1.88 bits per heavy atom. The van der Waals surface area contributed by atoms with E-state index < -0.39 is 35.8 Å². The molecule has 4 atom stereocenters. The summed E-state index contributed by atoms with van der Waals surface area (Å²) in [5, 5.41) is 1.84. The fraction of sp³-hybridized carbons (Fsp3) is 0.463. The van der Waals surface area contributed by atoms with Crippen molar-refractivity contribution in [1.82, 2.24) is 9.13 Å². The standard InChI is InChI=1S/C41H48Cl4N2O11/c1-28-22-46(41(49)47(39(28)48)27-55-23-29-6-4-3-5-7-29)40-38(56-19-18-53-17-16-52-15-14-51-13-12-50-2)37(57-25-31-9-11-33(43)21-35(31)45)36(58-40)26-54-24-30-8-10-32(42)20-34(30)44/h3-11,20-22,36-38,40H,12-19,23-27H2,1-2H3/t36-,37-,38-,40-/m1/s1. The molecule has 1 aliphatic rings. The summed E-state index contributed by atoms with van der Waals surface area (Å²) in [4.78, 5) is 27.5. The molecule has 58 heavy (non-hydrogen) atoms. The topological polar surface area (TPSA) is 127 Å². The van der Waals surface area contributed by atoms with E-state index in [-0.39, 0.29) is 46.4 Å². The second-order valence-electron chi connectivity index (χ2n) is 13.2. The summed E-state index contributed by atoms with van der Waals surface area (Å²) in [5.41, 5.74) is 1.42. The number of aryl methyl sites for hydroxylation is 1. The number of hydrogen-bond acceptors (Lipinski definition) is 11. The highest BCUT2D eigenvalue weighted by molar-refractivity contribution is 6.35. The van der Waals surface area contributed by atoms with E-state index >= 15 is 0 Å². The Labute approximate surface area is 357 Å². The Hall–Kier alpha value is -2.86. The second kappa shape index (κ2) is 24.4. The monoisotopic (exact) mass is 884 g/mol. The third kappa shape index (κ3) is 13.8. The Bertz CT molecular complexity index is 1980. The first-order valence-corrected chi connectivity index (χ1v) is 20.2. The van der Waals surface area contributed by atoms with Gasteiger partial charge in [-0.15, -0.1) is 0 Å². The van der Waals surface area contributed by atoms with Gasteiger partial charge in [-0.2, -0.15) is 0 Å². The molecule has 1 fully saturated rings. The van der Waals surface area contributed by atoms with Gasteiger partial charge >= 0.3 is 5.69 Å². The first-order valence-electron chi connectivity index (χ1n) is 18.7. The lowest BCUT2D eigenvalue weighted by Gasteiger charge is -2.26. The molecule has 13 nitrogen and oxygen atoms in total. The van der Waals surface area contributed by atoms with Crippen molar-refractivity contribution >= 4 is 46.4 Å². The molecule has 4 aromatic rings. The summed E-state index contributed by atoms with van der Waals surface area (Å²) in [5.74, 6) is 0. The molecule has 1 aliphatic heterocycles. The van der Waals surface area contributed by atoms with E-state index in [1.165, 1.54) is 10.8 Å². The number of benzene rings is 3. The molecule has 5 rings (SSSR count). The molecule has 0 N–H and O–H groups in total. The van der Waals surface area contributed by atoms with Crippen LogP contribution in [-0.4, -0.2) is 94.0 Å². The second-order valence-corrected chi connectivity index (χ2v) is 14.9. The number of halogens is 4. The Kier molecular flexibility index (Phi) is 19.4. The largest absolute Gasteiger partial charge is 0.382 e. The van der Waals surface area contributed by atoms with Crippen molar-refractivity contribution in [3.63, 3.8) is 0 Å². The fourth-order valence-electron chi connectivity index (χ4n) is 6.00. The number of methoxy groups -OCH3 is 1. The maximum Gasteiger partial charge on any atom is 0.335 e. The van der Waals surface area contributed by atoms with Crippen LogP contribution in [0.3, 0.4) is 0 Å². The van der Waals surface area contributed by atoms with Crippen LogP contribution >= 0.6 is 46.4 Å². The SMILES string of the molecule is COCCOCCOCCOCCO[C@@H]1[C@H](OCc2ccc(Cl)cc2Cl)[C@@H](COCc2ccc(Cl)cc2Cl)O[C@H]1n1cc(C)c(=O)n(COCc2ccccc2)c1=O. The Morgan fingerprint density at radius 2 is 1.26 bits per heavy atom. The first-order chi connectivity index (χ1) is 28.2. The molecular formula is C41H48Cl4N2O11. The average molecular weight is 887 g/mol. The predicted molar refractivity (Wildman–Crippen MR) is 220 cm³/mol. The summed E-state index contributed by atoms with van der Waals surface area (Å²) >= 11 is 25.2. The molecule has 0 unspecified atom stereocenters. The zero-order chi connectivity index (χ0) is 41.3. The van der Waals surface area contributed by atoms with E-state index in [1.54, 1.807) is 50.4 Å². The summed E-state index contributed by atoms with van der Waals surface area (Å²) < 4.78 is 55.7. The van der Waals surface area contributed by atoms with Gasteiger partial charge in [-0.05, 0) is 47.9 Å². The fourth-order valence-corrected chi connectivity index (χ4v) is 6.93. The molecule has 2 heterocycles. The molecule has 0 amide bonds. The van der Waals surface area contributed by atoms with E-state index in [1.807, 2.05) is 30.3 Å². The summed E-state index contributed by atoms with van der Waals surface area (Å²) in [6.45, 7) is 4.59. The highest BCUT2D eigenvalue weighted by atomic mass is 35.5. The van der Waals surface area contributed by atoms with Crippen molar-refractivity contribution < 1.29 is 42.6 Å². The number of ether oxygens (including phenoxy) is 9. The van der Waals surface area contributed by atoms with Crippen molar-refractivity contribution in [2.45, 2.75) is 58.0 Å². The van der Waals surface area contributed by atoms with Gasteiger partial charge in [-0.25, -0.2) is 9.36 Å². The Balaban J connectivity index is 1.36. The van der Waals surface area contributed by atoms with Gasteiger partial charge < -0.3 is 42.6 Å².